The number of nitriles is 1. The lowest BCUT2D eigenvalue weighted by Gasteiger charge is -2.39. The molecular weight excluding hydrogens is 234 g/mol. The highest BCUT2D eigenvalue weighted by Crippen LogP contribution is 2.41. The summed E-state index contributed by atoms with van der Waals surface area (Å²) in [5.41, 5.74) is 1.17. The van der Waals surface area contributed by atoms with Crippen LogP contribution in [-0.4, -0.2) is 22.0 Å². The van der Waals surface area contributed by atoms with Gasteiger partial charge >= 0.3 is 0 Å². The van der Waals surface area contributed by atoms with E-state index < -0.39 is 0 Å². The Morgan fingerprint density at radius 1 is 1.37 bits per heavy atom. The fourth-order valence-corrected chi connectivity index (χ4v) is 3.77. The van der Waals surface area contributed by atoms with Crippen molar-refractivity contribution in [2.24, 2.45) is 11.8 Å². The van der Waals surface area contributed by atoms with E-state index in [4.69, 9.17) is 5.26 Å². The molecule has 0 saturated carbocycles. The van der Waals surface area contributed by atoms with Crippen molar-refractivity contribution in [1.29, 1.82) is 5.26 Å². The smallest absolute Gasteiger partial charge is 0.0655 e. The summed E-state index contributed by atoms with van der Waals surface area (Å²) in [6.07, 6.45) is 6.86. The van der Waals surface area contributed by atoms with Crippen LogP contribution in [0.3, 0.4) is 0 Å². The lowest BCUT2D eigenvalue weighted by molar-refractivity contribution is 0.0832. The van der Waals surface area contributed by atoms with E-state index in [-0.39, 0.29) is 5.92 Å². The third-order valence-electron chi connectivity index (χ3n) is 4.90. The zero-order valence-corrected chi connectivity index (χ0v) is 11.5. The van der Waals surface area contributed by atoms with Crippen molar-refractivity contribution >= 4 is 0 Å². The van der Waals surface area contributed by atoms with E-state index in [2.05, 4.69) is 35.0 Å². The maximum absolute atomic E-state index is 9.11. The summed E-state index contributed by atoms with van der Waals surface area (Å²) in [6, 6.07) is 9.92. The van der Waals surface area contributed by atoms with Crippen molar-refractivity contribution in [2.75, 3.05) is 0 Å². The lowest BCUT2D eigenvalue weighted by Crippen LogP contribution is -2.43. The zero-order valence-electron chi connectivity index (χ0n) is 11.5. The number of hydrogen-bond donors (Lipinski definition) is 0. The molecule has 3 nitrogen and oxygen atoms in total. The van der Waals surface area contributed by atoms with Gasteiger partial charge in [0.2, 0.25) is 0 Å². The van der Waals surface area contributed by atoms with E-state index in [0.29, 0.717) is 18.0 Å². The SMILES string of the molecule is CC(C#N)C1CC2CCC(C1)N2Cc1ccccn1. The van der Waals surface area contributed by atoms with Crippen LogP contribution in [0.2, 0.25) is 0 Å². The molecule has 0 aromatic carbocycles. The average Bonchev–Trinajstić information content (AvgIpc) is 2.69. The van der Waals surface area contributed by atoms with E-state index in [0.717, 1.165) is 6.54 Å². The molecule has 100 valence electrons. The average molecular weight is 255 g/mol. The zero-order chi connectivity index (χ0) is 13.2. The van der Waals surface area contributed by atoms with Gasteiger partial charge in [0, 0.05) is 30.7 Å². The van der Waals surface area contributed by atoms with Gasteiger partial charge in [-0.15, -0.1) is 0 Å². The van der Waals surface area contributed by atoms with Crippen LogP contribution in [0.15, 0.2) is 24.4 Å². The lowest BCUT2D eigenvalue weighted by atomic mass is 9.82. The molecule has 0 spiro atoms. The maximum Gasteiger partial charge on any atom is 0.0655 e. The van der Waals surface area contributed by atoms with E-state index in [1.807, 2.05) is 12.3 Å². The van der Waals surface area contributed by atoms with Gasteiger partial charge in [0.05, 0.1) is 11.8 Å². The van der Waals surface area contributed by atoms with Crippen LogP contribution in [0.25, 0.3) is 0 Å². The molecule has 3 rings (SSSR count). The van der Waals surface area contributed by atoms with Gasteiger partial charge < -0.3 is 0 Å². The molecule has 2 aliphatic rings. The van der Waals surface area contributed by atoms with Crippen molar-refractivity contribution in [3.63, 3.8) is 0 Å². The predicted octanol–water partition coefficient (Wildman–Crippen LogP) is 2.98. The minimum atomic E-state index is 0.208. The fourth-order valence-electron chi connectivity index (χ4n) is 3.77. The van der Waals surface area contributed by atoms with Crippen molar-refractivity contribution < 1.29 is 0 Å². The Hall–Kier alpha value is -1.40. The molecule has 1 aromatic rings. The molecule has 3 heteroatoms. The van der Waals surface area contributed by atoms with Gasteiger partial charge in [-0.1, -0.05) is 6.07 Å². The molecule has 3 atom stereocenters. The first-order valence-electron chi connectivity index (χ1n) is 7.33. The molecule has 19 heavy (non-hydrogen) atoms. The third kappa shape index (κ3) is 2.50. The Labute approximate surface area is 115 Å². The molecule has 3 heterocycles. The third-order valence-corrected chi connectivity index (χ3v) is 4.90. The van der Waals surface area contributed by atoms with Crippen molar-refractivity contribution in [3.8, 4) is 6.07 Å². The first-order valence-corrected chi connectivity index (χ1v) is 7.33. The number of hydrogen-bond acceptors (Lipinski definition) is 3. The molecule has 3 unspecified atom stereocenters. The Kier molecular flexibility index (Phi) is 3.52. The highest BCUT2D eigenvalue weighted by molar-refractivity contribution is 5.07. The molecule has 2 fully saturated rings. The minimum absolute atomic E-state index is 0.208. The first kappa shape index (κ1) is 12.6. The molecule has 0 N–H and O–H groups in total. The number of rotatable bonds is 3. The van der Waals surface area contributed by atoms with Gasteiger partial charge in [-0.3, -0.25) is 9.88 Å². The number of aromatic nitrogens is 1. The van der Waals surface area contributed by atoms with Crippen molar-refractivity contribution in [1.82, 2.24) is 9.88 Å². The quantitative estimate of drug-likeness (QED) is 0.833. The molecule has 2 aliphatic heterocycles. The van der Waals surface area contributed by atoms with Gasteiger partial charge in [0.1, 0.15) is 0 Å². The second kappa shape index (κ2) is 5.30. The summed E-state index contributed by atoms with van der Waals surface area (Å²) in [5.74, 6) is 0.808. The van der Waals surface area contributed by atoms with E-state index in [9.17, 15) is 0 Å². The molecule has 2 bridgehead atoms. The highest BCUT2D eigenvalue weighted by Gasteiger charge is 2.41. The second-order valence-corrected chi connectivity index (χ2v) is 6.03. The molecule has 0 radical (unpaired) electrons. The summed E-state index contributed by atoms with van der Waals surface area (Å²) in [5, 5.41) is 9.11. The van der Waals surface area contributed by atoms with Gasteiger partial charge in [0.15, 0.2) is 0 Å². The van der Waals surface area contributed by atoms with Crippen LogP contribution in [0, 0.1) is 23.2 Å². The van der Waals surface area contributed by atoms with Gasteiger partial charge in [-0.2, -0.15) is 5.26 Å². The minimum Gasteiger partial charge on any atom is -0.292 e. The van der Waals surface area contributed by atoms with Crippen LogP contribution in [0.5, 0.6) is 0 Å². The first-order chi connectivity index (χ1) is 9.28. The van der Waals surface area contributed by atoms with Crippen LogP contribution < -0.4 is 0 Å². The van der Waals surface area contributed by atoms with Crippen LogP contribution in [0.1, 0.15) is 38.3 Å². The molecule has 1 aromatic heterocycles. The summed E-state index contributed by atoms with van der Waals surface area (Å²) in [6.45, 7) is 3.06. The second-order valence-electron chi connectivity index (χ2n) is 6.03. The summed E-state index contributed by atoms with van der Waals surface area (Å²) in [4.78, 5) is 7.07. The summed E-state index contributed by atoms with van der Waals surface area (Å²) < 4.78 is 0. The van der Waals surface area contributed by atoms with Gasteiger partial charge in [-0.25, -0.2) is 0 Å². The highest BCUT2D eigenvalue weighted by atomic mass is 15.2. The van der Waals surface area contributed by atoms with Crippen LogP contribution in [-0.2, 0) is 6.54 Å². The van der Waals surface area contributed by atoms with Crippen molar-refractivity contribution in [3.05, 3.63) is 30.1 Å². The van der Waals surface area contributed by atoms with Gasteiger partial charge in [-0.05, 0) is 50.7 Å². The number of pyridine rings is 1. The Bertz CT molecular complexity index is 451. The van der Waals surface area contributed by atoms with Crippen LogP contribution in [0.4, 0.5) is 0 Å². The van der Waals surface area contributed by atoms with E-state index >= 15 is 0 Å². The number of piperidine rings is 1. The molecular formula is C16H21N3. The van der Waals surface area contributed by atoms with E-state index in [1.54, 1.807) is 0 Å². The van der Waals surface area contributed by atoms with Crippen LogP contribution >= 0.6 is 0 Å². The Morgan fingerprint density at radius 2 is 2.11 bits per heavy atom. The Balaban J connectivity index is 1.69. The standard InChI is InChI=1S/C16H21N3/c1-12(10-17)13-8-15-5-6-16(9-13)19(15)11-14-4-2-3-7-18-14/h2-4,7,12-13,15-16H,5-6,8-9,11H2,1H3. The number of fused-ring (bicyclic) bond motifs is 2. The molecule has 0 amide bonds. The summed E-state index contributed by atoms with van der Waals surface area (Å²) >= 11 is 0. The normalized spacial score (nSPS) is 31.9. The topological polar surface area (TPSA) is 39.9 Å². The summed E-state index contributed by atoms with van der Waals surface area (Å²) in [7, 11) is 0. The van der Waals surface area contributed by atoms with Gasteiger partial charge in [0.25, 0.3) is 0 Å². The predicted molar refractivity (Wildman–Crippen MR) is 74.1 cm³/mol. The fraction of sp³-hybridized carbons (Fsp3) is 0.625. The Morgan fingerprint density at radius 3 is 2.68 bits per heavy atom. The molecule has 2 saturated heterocycles. The van der Waals surface area contributed by atoms with Crippen molar-refractivity contribution in [2.45, 2.75) is 51.2 Å². The largest absolute Gasteiger partial charge is 0.292 e. The monoisotopic (exact) mass is 255 g/mol. The van der Waals surface area contributed by atoms with E-state index in [1.165, 1.54) is 31.4 Å². The maximum atomic E-state index is 9.11. The number of nitrogens with zero attached hydrogens (tertiary/aromatic N) is 3. The molecule has 0 aliphatic carbocycles.